The van der Waals surface area contributed by atoms with Crippen molar-refractivity contribution in [1.29, 1.82) is 0 Å². The van der Waals surface area contributed by atoms with E-state index >= 15 is 0 Å². The molecule has 100 valence electrons. The SMILES string of the molecule is Cc1cc(Br)cc(CN2CCCC(C)C2C)c1O. The van der Waals surface area contributed by atoms with Gasteiger partial charge in [0, 0.05) is 22.6 Å². The van der Waals surface area contributed by atoms with Crippen molar-refractivity contribution in [3.8, 4) is 5.75 Å². The molecule has 1 fully saturated rings. The van der Waals surface area contributed by atoms with Gasteiger partial charge in [0.1, 0.15) is 5.75 Å². The zero-order valence-corrected chi connectivity index (χ0v) is 13.0. The Morgan fingerprint density at radius 1 is 1.39 bits per heavy atom. The van der Waals surface area contributed by atoms with Crippen molar-refractivity contribution in [1.82, 2.24) is 4.90 Å². The maximum absolute atomic E-state index is 10.2. The Kier molecular flexibility index (Phi) is 4.33. The highest BCUT2D eigenvalue weighted by molar-refractivity contribution is 9.10. The Hall–Kier alpha value is -0.540. The summed E-state index contributed by atoms with van der Waals surface area (Å²) in [5.74, 6) is 1.19. The second-order valence-corrected chi connectivity index (χ2v) is 6.48. The van der Waals surface area contributed by atoms with E-state index in [4.69, 9.17) is 0 Å². The fourth-order valence-electron chi connectivity index (χ4n) is 2.79. The van der Waals surface area contributed by atoms with Crippen molar-refractivity contribution in [2.75, 3.05) is 6.54 Å². The van der Waals surface area contributed by atoms with Gasteiger partial charge in [-0.3, -0.25) is 4.90 Å². The van der Waals surface area contributed by atoms with Crippen molar-refractivity contribution in [3.63, 3.8) is 0 Å². The number of hydrogen-bond acceptors (Lipinski definition) is 2. The predicted octanol–water partition coefficient (Wildman–Crippen LogP) is 4.08. The number of likely N-dealkylation sites (tertiary alicyclic amines) is 1. The van der Waals surface area contributed by atoms with Crippen LogP contribution in [0.4, 0.5) is 0 Å². The highest BCUT2D eigenvalue weighted by Crippen LogP contribution is 2.30. The summed E-state index contributed by atoms with van der Waals surface area (Å²) in [7, 11) is 0. The van der Waals surface area contributed by atoms with E-state index in [9.17, 15) is 5.11 Å². The van der Waals surface area contributed by atoms with Gasteiger partial charge >= 0.3 is 0 Å². The topological polar surface area (TPSA) is 23.5 Å². The van der Waals surface area contributed by atoms with E-state index in [0.29, 0.717) is 11.8 Å². The average Bonchev–Trinajstić information content (AvgIpc) is 2.31. The van der Waals surface area contributed by atoms with Crippen molar-refractivity contribution >= 4 is 15.9 Å². The number of phenolic OH excluding ortho intramolecular Hbond substituents is 1. The van der Waals surface area contributed by atoms with E-state index in [2.05, 4.69) is 34.7 Å². The Balaban J connectivity index is 2.18. The van der Waals surface area contributed by atoms with Gasteiger partial charge in [0.15, 0.2) is 0 Å². The Labute approximate surface area is 118 Å². The van der Waals surface area contributed by atoms with E-state index < -0.39 is 0 Å². The Morgan fingerprint density at radius 3 is 2.83 bits per heavy atom. The smallest absolute Gasteiger partial charge is 0.123 e. The molecule has 0 aliphatic carbocycles. The molecule has 0 amide bonds. The van der Waals surface area contributed by atoms with Gasteiger partial charge < -0.3 is 5.11 Å². The van der Waals surface area contributed by atoms with Crippen molar-refractivity contribution in [2.24, 2.45) is 5.92 Å². The predicted molar refractivity (Wildman–Crippen MR) is 78.8 cm³/mol. The standard InChI is InChI=1S/C15H22BrNO/c1-10-5-4-6-17(12(10)3)9-13-8-14(16)7-11(2)15(13)18/h7-8,10,12,18H,4-6,9H2,1-3H3. The lowest BCUT2D eigenvalue weighted by molar-refractivity contribution is 0.105. The van der Waals surface area contributed by atoms with Crippen LogP contribution in [0.1, 0.15) is 37.8 Å². The monoisotopic (exact) mass is 311 g/mol. The number of aromatic hydroxyl groups is 1. The van der Waals surface area contributed by atoms with Crippen LogP contribution in [0.5, 0.6) is 5.75 Å². The van der Waals surface area contributed by atoms with Crippen molar-refractivity contribution in [3.05, 3.63) is 27.7 Å². The number of benzene rings is 1. The lowest BCUT2D eigenvalue weighted by Gasteiger charge is -2.38. The third kappa shape index (κ3) is 2.89. The van der Waals surface area contributed by atoms with Crippen LogP contribution in [-0.4, -0.2) is 22.6 Å². The lowest BCUT2D eigenvalue weighted by atomic mass is 9.91. The molecule has 1 aliphatic rings. The molecule has 0 bridgehead atoms. The Morgan fingerprint density at radius 2 is 2.11 bits per heavy atom. The summed E-state index contributed by atoms with van der Waals surface area (Å²) in [6.07, 6.45) is 2.58. The number of hydrogen-bond donors (Lipinski definition) is 1. The van der Waals surface area contributed by atoms with Gasteiger partial charge in [0.2, 0.25) is 0 Å². The molecule has 2 rings (SSSR count). The molecule has 0 radical (unpaired) electrons. The van der Waals surface area contributed by atoms with Crippen LogP contribution in [0.25, 0.3) is 0 Å². The molecule has 0 saturated carbocycles. The van der Waals surface area contributed by atoms with E-state index in [1.807, 2.05) is 19.1 Å². The molecule has 2 unspecified atom stereocenters. The molecule has 0 spiro atoms. The number of piperidine rings is 1. The summed E-state index contributed by atoms with van der Waals surface area (Å²) in [5.41, 5.74) is 1.97. The first kappa shape index (κ1) is 13.9. The number of phenols is 1. The van der Waals surface area contributed by atoms with Gasteiger partial charge in [-0.2, -0.15) is 0 Å². The zero-order chi connectivity index (χ0) is 13.3. The largest absolute Gasteiger partial charge is 0.507 e. The summed E-state index contributed by atoms with van der Waals surface area (Å²) in [5, 5.41) is 10.2. The molecule has 3 heteroatoms. The van der Waals surface area contributed by atoms with Gasteiger partial charge in [-0.15, -0.1) is 0 Å². The third-order valence-corrected chi connectivity index (χ3v) is 4.68. The van der Waals surface area contributed by atoms with Crippen LogP contribution >= 0.6 is 15.9 Å². The van der Waals surface area contributed by atoms with Crippen LogP contribution in [0.2, 0.25) is 0 Å². The quantitative estimate of drug-likeness (QED) is 0.889. The molecule has 0 aromatic heterocycles. The Bertz CT molecular complexity index is 433. The van der Waals surface area contributed by atoms with E-state index in [-0.39, 0.29) is 0 Å². The minimum atomic E-state index is 0.448. The van der Waals surface area contributed by atoms with Crippen LogP contribution < -0.4 is 0 Å². The summed E-state index contributed by atoms with van der Waals surface area (Å²) in [6, 6.07) is 4.59. The maximum atomic E-state index is 10.2. The van der Waals surface area contributed by atoms with Crippen molar-refractivity contribution < 1.29 is 5.11 Å². The first-order chi connectivity index (χ1) is 8.49. The number of rotatable bonds is 2. The van der Waals surface area contributed by atoms with E-state index in [1.54, 1.807) is 0 Å². The fraction of sp³-hybridized carbons (Fsp3) is 0.600. The van der Waals surface area contributed by atoms with E-state index in [0.717, 1.165) is 34.6 Å². The van der Waals surface area contributed by atoms with E-state index in [1.165, 1.54) is 12.8 Å². The number of aryl methyl sites for hydroxylation is 1. The molecule has 1 saturated heterocycles. The second-order valence-electron chi connectivity index (χ2n) is 5.56. The summed E-state index contributed by atoms with van der Waals surface area (Å²) >= 11 is 3.51. The fourth-order valence-corrected chi connectivity index (χ4v) is 3.41. The van der Waals surface area contributed by atoms with Gasteiger partial charge in [-0.05, 0) is 56.8 Å². The molecule has 2 nitrogen and oxygen atoms in total. The second kappa shape index (κ2) is 5.62. The van der Waals surface area contributed by atoms with Crippen LogP contribution in [0.15, 0.2) is 16.6 Å². The minimum absolute atomic E-state index is 0.448. The minimum Gasteiger partial charge on any atom is -0.507 e. The molecule has 18 heavy (non-hydrogen) atoms. The molecule has 1 aliphatic heterocycles. The maximum Gasteiger partial charge on any atom is 0.123 e. The highest BCUT2D eigenvalue weighted by atomic mass is 79.9. The molecule has 1 aromatic carbocycles. The molecular weight excluding hydrogens is 290 g/mol. The summed E-state index contributed by atoms with van der Waals surface area (Å²) in [4.78, 5) is 2.48. The van der Waals surface area contributed by atoms with Gasteiger partial charge in [-0.25, -0.2) is 0 Å². The summed E-state index contributed by atoms with van der Waals surface area (Å²) in [6.45, 7) is 8.55. The third-order valence-electron chi connectivity index (χ3n) is 4.22. The molecule has 1 aromatic rings. The van der Waals surface area contributed by atoms with Gasteiger partial charge in [0.25, 0.3) is 0 Å². The van der Waals surface area contributed by atoms with Gasteiger partial charge in [0.05, 0.1) is 0 Å². The molecular formula is C15H22BrNO. The first-order valence-corrected chi connectivity index (χ1v) is 7.50. The molecule has 1 N–H and O–H groups in total. The number of halogens is 1. The highest BCUT2D eigenvalue weighted by Gasteiger charge is 2.25. The molecule has 2 atom stereocenters. The van der Waals surface area contributed by atoms with Crippen LogP contribution in [0, 0.1) is 12.8 Å². The molecule has 1 heterocycles. The summed E-state index contributed by atoms with van der Waals surface area (Å²) < 4.78 is 1.05. The zero-order valence-electron chi connectivity index (χ0n) is 11.4. The first-order valence-electron chi connectivity index (χ1n) is 6.71. The average molecular weight is 312 g/mol. The van der Waals surface area contributed by atoms with Crippen LogP contribution in [-0.2, 0) is 6.54 Å². The van der Waals surface area contributed by atoms with Crippen LogP contribution in [0.3, 0.4) is 0 Å². The number of nitrogens with zero attached hydrogens (tertiary/aromatic N) is 1. The lowest BCUT2D eigenvalue weighted by Crippen LogP contribution is -2.41. The normalized spacial score (nSPS) is 25.3. The van der Waals surface area contributed by atoms with Crippen molar-refractivity contribution in [2.45, 2.75) is 46.2 Å². The van der Waals surface area contributed by atoms with Gasteiger partial charge in [-0.1, -0.05) is 22.9 Å².